The molecule has 9 nitrogen and oxygen atoms in total. The number of halogens is 3. The zero-order valence-electron chi connectivity index (χ0n) is 25.9. The van der Waals surface area contributed by atoms with Gasteiger partial charge >= 0.3 is 0 Å². The first-order chi connectivity index (χ1) is 20.9. The van der Waals surface area contributed by atoms with E-state index in [9.17, 15) is 4.79 Å². The van der Waals surface area contributed by atoms with E-state index in [1.54, 1.807) is 0 Å². The van der Waals surface area contributed by atoms with Crippen LogP contribution in [0.3, 0.4) is 0 Å². The van der Waals surface area contributed by atoms with E-state index in [-0.39, 0.29) is 23.5 Å². The van der Waals surface area contributed by atoms with Crippen LogP contribution in [-0.4, -0.2) is 92.1 Å². The van der Waals surface area contributed by atoms with Crippen molar-refractivity contribution in [2.75, 3.05) is 50.1 Å². The lowest BCUT2D eigenvalue weighted by Crippen LogP contribution is -2.59. The average molecular weight is 731 g/mol. The third kappa shape index (κ3) is 5.00. The molecule has 4 heterocycles. The zero-order chi connectivity index (χ0) is 31.6. The van der Waals surface area contributed by atoms with E-state index in [0.29, 0.717) is 53.3 Å². The van der Waals surface area contributed by atoms with E-state index in [1.807, 2.05) is 46.8 Å². The lowest BCUT2D eigenvalue weighted by molar-refractivity contribution is -0.128. The number of carbonyl (C=O) groups excluding carboxylic acids is 1. The fourth-order valence-corrected chi connectivity index (χ4v) is 7.42. The van der Waals surface area contributed by atoms with Crippen molar-refractivity contribution in [1.82, 2.24) is 27.8 Å². The van der Waals surface area contributed by atoms with Crippen molar-refractivity contribution in [1.29, 1.82) is 0 Å². The molecule has 2 aromatic carbocycles. The van der Waals surface area contributed by atoms with E-state index < -0.39 is 5.82 Å². The van der Waals surface area contributed by atoms with Crippen LogP contribution in [0.5, 0.6) is 0 Å². The van der Waals surface area contributed by atoms with Crippen LogP contribution in [0.2, 0.25) is 5.02 Å². The van der Waals surface area contributed by atoms with Crippen LogP contribution in [0.15, 0.2) is 30.9 Å². The van der Waals surface area contributed by atoms with Crippen LogP contribution in [0, 0.1) is 12.7 Å². The molecular formula is C32H37ClFIN8O. The summed E-state index contributed by atoms with van der Waals surface area (Å²) in [5, 5.41) is 6.46. The number of anilines is 2. The highest BCUT2D eigenvalue weighted by Crippen LogP contribution is 2.44. The van der Waals surface area contributed by atoms with E-state index in [0.717, 1.165) is 40.8 Å². The molecule has 0 spiro atoms. The number of rotatable bonds is 6. The van der Waals surface area contributed by atoms with Gasteiger partial charge in [-0.3, -0.25) is 4.79 Å². The topological polar surface area (TPSA) is 73.6 Å². The van der Waals surface area contributed by atoms with Gasteiger partial charge in [-0.2, -0.15) is 10.1 Å². The Morgan fingerprint density at radius 2 is 1.89 bits per heavy atom. The summed E-state index contributed by atoms with van der Waals surface area (Å²) >= 11 is 9.21. The summed E-state index contributed by atoms with van der Waals surface area (Å²) in [6.07, 6.45) is 2.05. The second kappa shape index (κ2) is 11.7. The summed E-state index contributed by atoms with van der Waals surface area (Å²) in [6, 6.07) is 6.01. The predicted molar refractivity (Wildman–Crippen MR) is 185 cm³/mol. The maximum Gasteiger partial charge on any atom is 0.246 e. The number of fused-ring (bicyclic) bond motifs is 2. The largest absolute Gasteiger partial charge is 0.349 e. The van der Waals surface area contributed by atoms with Gasteiger partial charge in [0.25, 0.3) is 0 Å². The highest BCUT2D eigenvalue weighted by Gasteiger charge is 2.36. The molecule has 2 aliphatic heterocycles. The van der Waals surface area contributed by atoms with E-state index >= 15 is 4.39 Å². The number of aromatic nitrogens is 4. The molecule has 2 atom stereocenters. The first kappa shape index (κ1) is 31.0. The Labute approximate surface area is 276 Å². The van der Waals surface area contributed by atoms with Crippen molar-refractivity contribution in [3.05, 3.63) is 53.0 Å². The van der Waals surface area contributed by atoms with Crippen molar-refractivity contribution < 1.29 is 9.18 Å². The first-order valence-corrected chi connectivity index (χ1v) is 16.3. The Morgan fingerprint density at radius 3 is 2.55 bits per heavy atom. The third-order valence-electron chi connectivity index (χ3n) is 9.11. The van der Waals surface area contributed by atoms with Gasteiger partial charge in [-0.05, 0) is 65.1 Å². The summed E-state index contributed by atoms with van der Waals surface area (Å²) in [5.74, 6) is 0.547. The molecule has 0 saturated carbocycles. The van der Waals surface area contributed by atoms with Gasteiger partial charge in [-0.15, -0.1) is 0 Å². The molecule has 0 bridgehead atoms. The highest BCUT2D eigenvalue weighted by molar-refractivity contribution is 14.1. The van der Waals surface area contributed by atoms with Crippen LogP contribution in [0.25, 0.3) is 32.9 Å². The highest BCUT2D eigenvalue weighted by atomic mass is 127. The zero-order valence-corrected chi connectivity index (χ0v) is 28.8. The van der Waals surface area contributed by atoms with Crippen LogP contribution >= 0.6 is 34.5 Å². The summed E-state index contributed by atoms with van der Waals surface area (Å²) in [5.41, 5.74) is 4.01. The summed E-state index contributed by atoms with van der Waals surface area (Å²) < 4.78 is 19.0. The number of carbonyl (C=O) groups is 1. The van der Waals surface area contributed by atoms with Crippen LogP contribution in [0.1, 0.15) is 32.0 Å². The standard InChI is InChI=1S/C32H37ClFIN8O/c1-8-23-28-24(43(35)38-23)11-10-17(3)26(28)27-22(33)12-21-30(29(27)34)36-32(40-15-20(16-40)39(6)7)37-31(21)42-14-18(4)41(13-19(42)5)25(44)9-2/h9-12,18-20H,2,8,13-16H2,1,3-7H3/t18-,19+/m1/s1. The number of benzene rings is 2. The molecule has 0 N–H and O–H groups in total. The normalized spacial score (nSPS) is 19.4. The Hall–Kier alpha value is -3.03. The third-order valence-corrected chi connectivity index (χ3v) is 10.1. The Balaban J connectivity index is 1.57. The minimum atomic E-state index is -0.470. The Bertz CT molecular complexity index is 1800. The smallest absolute Gasteiger partial charge is 0.246 e. The number of hydrogen-bond donors (Lipinski definition) is 0. The molecule has 0 aliphatic carbocycles. The van der Waals surface area contributed by atoms with Crippen molar-refractivity contribution in [2.24, 2.45) is 0 Å². The maximum absolute atomic E-state index is 17.2. The first-order valence-electron chi connectivity index (χ1n) is 14.9. The Kier molecular flexibility index (Phi) is 8.25. The molecule has 6 rings (SSSR count). The van der Waals surface area contributed by atoms with E-state index in [1.165, 1.54) is 6.08 Å². The molecule has 1 amide bonds. The van der Waals surface area contributed by atoms with Crippen molar-refractivity contribution >= 4 is 73.9 Å². The fraction of sp³-hybridized carbons (Fsp3) is 0.438. The molecular weight excluding hydrogens is 694 g/mol. The minimum Gasteiger partial charge on any atom is -0.349 e. The molecule has 2 fully saturated rings. The molecule has 12 heteroatoms. The molecule has 44 heavy (non-hydrogen) atoms. The number of likely N-dealkylation sites (N-methyl/N-ethyl adjacent to an activating group) is 1. The number of amides is 1. The van der Waals surface area contributed by atoms with Crippen molar-refractivity contribution in [3.63, 3.8) is 0 Å². The van der Waals surface area contributed by atoms with E-state index in [2.05, 4.69) is 65.2 Å². The fourth-order valence-electron chi connectivity index (χ4n) is 6.47. The monoisotopic (exact) mass is 730 g/mol. The molecule has 0 unspecified atom stereocenters. The van der Waals surface area contributed by atoms with Gasteiger partial charge in [-0.1, -0.05) is 31.2 Å². The van der Waals surface area contributed by atoms with Crippen molar-refractivity contribution in [3.8, 4) is 11.1 Å². The van der Waals surface area contributed by atoms with E-state index in [4.69, 9.17) is 26.7 Å². The predicted octanol–water partition coefficient (Wildman–Crippen LogP) is 5.87. The van der Waals surface area contributed by atoms with Gasteiger partial charge in [0, 0.05) is 66.2 Å². The molecule has 2 aliphatic rings. The van der Waals surface area contributed by atoms with Crippen LogP contribution in [-0.2, 0) is 11.2 Å². The second-order valence-corrected chi connectivity index (χ2v) is 13.5. The lowest BCUT2D eigenvalue weighted by atomic mass is 9.93. The molecule has 2 saturated heterocycles. The number of hydrogen-bond acceptors (Lipinski definition) is 7. The van der Waals surface area contributed by atoms with Gasteiger partial charge in [0.1, 0.15) is 11.3 Å². The van der Waals surface area contributed by atoms with Crippen molar-refractivity contribution in [2.45, 2.75) is 52.2 Å². The van der Waals surface area contributed by atoms with Gasteiger partial charge in [0.05, 0.1) is 39.1 Å². The average Bonchev–Trinajstić information content (AvgIpc) is 3.29. The number of piperazine rings is 1. The number of aryl methyl sites for hydroxylation is 2. The van der Waals surface area contributed by atoms with Crippen LogP contribution < -0.4 is 9.80 Å². The van der Waals surface area contributed by atoms with Gasteiger partial charge in [0.2, 0.25) is 11.9 Å². The Morgan fingerprint density at radius 1 is 1.16 bits per heavy atom. The lowest BCUT2D eigenvalue weighted by Gasteiger charge is -2.45. The summed E-state index contributed by atoms with van der Waals surface area (Å²) in [4.78, 5) is 30.7. The maximum atomic E-state index is 17.2. The van der Waals surface area contributed by atoms with Crippen LogP contribution in [0.4, 0.5) is 16.2 Å². The summed E-state index contributed by atoms with van der Waals surface area (Å²) in [6.45, 7) is 14.3. The second-order valence-electron chi connectivity index (χ2n) is 12.2. The molecule has 4 aromatic rings. The van der Waals surface area contributed by atoms with Gasteiger partial charge < -0.3 is 19.6 Å². The quantitative estimate of drug-likeness (QED) is 0.182. The SMILES string of the molecule is C=CC(=O)N1C[C@H](C)N(c2nc(N3CC(N(C)C)C3)nc3c(F)c(-c4c(C)ccc5c4c(CC)nn5I)c(Cl)cc23)C[C@H]1C. The number of nitrogens with zero attached hydrogens (tertiary/aromatic N) is 8. The summed E-state index contributed by atoms with van der Waals surface area (Å²) in [7, 11) is 4.11. The molecule has 232 valence electrons. The van der Waals surface area contributed by atoms with Gasteiger partial charge in [0.15, 0.2) is 5.82 Å². The van der Waals surface area contributed by atoms with Gasteiger partial charge in [-0.25, -0.2) is 12.3 Å². The minimum absolute atomic E-state index is 0.0777. The molecule has 0 radical (unpaired) electrons. The molecule has 2 aromatic heterocycles.